The fourth-order valence-electron chi connectivity index (χ4n) is 1.06. The molecule has 0 aliphatic rings. The van der Waals surface area contributed by atoms with Gasteiger partial charge < -0.3 is 10.1 Å². The summed E-state index contributed by atoms with van der Waals surface area (Å²) in [5, 5.41) is 3.36. The first-order chi connectivity index (χ1) is 5.35. The van der Waals surface area contributed by atoms with E-state index in [1.54, 1.807) is 7.11 Å². The van der Waals surface area contributed by atoms with E-state index in [0.717, 1.165) is 25.6 Å². The summed E-state index contributed by atoms with van der Waals surface area (Å²) in [6.45, 7) is 7.42. The highest BCUT2D eigenvalue weighted by atomic mass is 16.5. The molecular weight excluding hydrogens is 138 g/mol. The Morgan fingerprint density at radius 3 is 2.36 bits per heavy atom. The van der Waals surface area contributed by atoms with Crippen LogP contribution in [0.5, 0.6) is 0 Å². The first-order valence-corrected chi connectivity index (χ1v) is 4.54. The van der Waals surface area contributed by atoms with Crippen molar-refractivity contribution in [2.45, 2.75) is 26.7 Å². The first-order valence-electron chi connectivity index (χ1n) is 4.54. The molecular formula is C9H21NO. The molecule has 11 heavy (non-hydrogen) atoms. The van der Waals surface area contributed by atoms with E-state index in [4.69, 9.17) is 4.74 Å². The van der Waals surface area contributed by atoms with Crippen LogP contribution in [0.4, 0.5) is 0 Å². The molecule has 68 valence electrons. The van der Waals surface area contributed by atoms with Gasteiger partial charge in [-0.05, 0) is 12.5 Å². The largest absolute Gasteiger partial charge is 0.383 e. The Bertz CT molecular complexity index is 72.0. The number of ether oxygens (including phenoxy) is 1. The van der Waals surface area contributed by atoms with Crippen LogP contribution in [0, 0.1) is 5.92 Å². The van der Waals surface area contributed by atoms with E-state index in [1.165, 1.54) is 12.8 Å². The Balaban J connectivity index is 3.07. The van der Waals surface area contributed by atoms with Crippen LogP contribution in [-0.4, -0.2) is 26.8 Å². The fourth-order valence-corrected chi connectivity index (χ4v) is 1.06. The smallest absolute Gasteiger partial charge is 0.0587 e. The molecule has 0 unspecified atom stereocenters. The van der Waals surface area contributed by atoms with E-state index in [1.807, 2.05) is 0 Å². The Morgan fingerprint density at radius 1 is 1.27 bits per heavy atom. The van der Waals surface area contributed by atoms with E-state index in [-0.39, 0.29) is 0 Å². The SMILES string of the molecule is CCC(CC)CNCCOC. The normalized spacial score (nSPS) is 10.9. The summed E-state index contributed by atoms with van der Waals surface area (Å²) in [5.74, 6) is 0.840. The number of nitrogens with one attached hydrogen (secondary N) is 1. The summed E-state index contributed by atoms with van der Waals surface area (Å²) in [7, 11) is 1.73. The summed E-state index contributed by atoms with van der Waals surface area (Å²) >= 11 is 0. The summed E-state index contributed by atoms with van der Waals surface area (Å²) in [6.07, 6.45) is 2.55. The Labute approximate surface area is 70.3 Å². The molecule has 0 amide bonds. The second-order valence-corrected chi connectivity index (χ2v) is 2.88. The van der Waals surface area contributed by atoms with E-state index < -0.39 is 0 Å². The van der Waals surface area contributed by atoms with Gasteiger partial charge in [0.05, 0.1) is 6.61 Å². The number of hydrogen-bond donors (Lipinski definition) is 1. The minimum absolute atomic E-state index is 0.820. The maximum Gasteiger partial charge on any atom is 0.0587 e. The average Bonchev–Trinajstić information content (AvgIpc) is 2.05. The van der Waals surface area contributed by atoms with Crippen LogP contribution < -0.4 is 5.32 Å². The zero-order chi connectivity index (χ0) is 8.53. The number of rotatable bonds is 7. The van der Waals surface area contributed by atoms with Gasteiger partial charge in [-0.1, -0.05) is 26.7 Å². The third kappa shape index (κ3) is 6.32. The van der Waals surface area contributed by atoms with Gasteiger partial charge in [-0.3, -0.25) is 0 Å². The molecule has 0 radical (unpaired) electrons. The van der Waals surface area contributed by atoms with E-state index in [0.29, 0.717) is 0 Å². The zero-order valence-corrected chi connectivity index (χ0v) is 8.02. The van der Waals surface area contributed by atoms with E-state index in [2.05, 4.69) is 19.2 Å². The van der Waals surface area contributed by atoms with Crippen molar-refractivity contribution in [1.82, 2.24) is 5.32 Å². The lowest BCUT2D eigenvalue weighted by Gasteiger charge is -2.12. The van der Waals surface area contributed by atoms with Crippen molar-refractivity contribution in [3.63, 3.8) is 0 Å². The van der Waals surface area contributed by atoms with E-state index >= 15 is 0 Å². The molecule has 0 saturated heterocycles. The Morgan fingerprint density at radius 2 is 1.91 bits per heavy atom. The van der Waals surface area contributed by atoms with Gasteiger partial charge in [0.25, 0.3) is 0 Å². The summed E-state index contributed by atoms with van der Waals surface area (Å²) in [6, 6.07) is 0. The molecule has 0 bridgehead atoms. The third-order valence-electron chi connectivity index (χ3n) is 2.07. The van der Waals surface area contributed by atoms with Gasteiger partial charge in [0.2, 0.25) is 0 Å². The molecule has 0 aliphatic heterocycles. The van der Waals surface area contributed by atoms with Crippen molar-refractivity contribution in [2.75, 3.05) is 26.8 Å². The summed E-state index contributed by atoms with van der Waals surface area (Å²) < 4.78 is 4.93. The molecule has 0 saturated carbocycles. The van der Waals surface area contributed by atoms with Crippen LogP contribution in [0.25, 0.3) is 0 Å². The summed E-state index contributed by atoms with van der Waals surface area (Å²) in [4.78, 5) is 0. The molecule has 0 rings (SSSR count). The minimum Gasteiger partial charge on any atom is -0.383 e. The molecule has 0 aliphatic carbocycles. The lowest BCUT2D eigenvalue weighted by molar-refractivity contribution is 0.197. The van der Waals surface area contributed by atoms with Crippen LogP contribution in [0.15, 0.2) is 0 Å². The van der Waals surface area contributed by atoms with E-state index in [9.17, 15) is 0 Å². The first kappa shape index (κ1) is 10.9. The lowest BCUT2D eigenvalue weighted by Crippen LogP contribution is -2.25. The molecule has 1 N–H and O–H groups in total. The quantitative estimate of drug-likeness (QED) is 0.570. The topological polar surface area (TPSA) is 21.3 Å². The molecule has 0 atom stereocenters. The predicted octanol–water partition coefficient (Wildman–Crippen LogP) is 1.66. The van der Waals surface area contributed by atoms with Gasteiger partial charge >= 0.3 is 0 Å². The van der Waals surface area contributed by atoms with Gasteiger partial charge in [0, 0.05) is 13.7 Å². The van der Waals surface area contributed by atoms with Crippen molar-refractivity contribution in [1.29, 1.82) is 0 Å². The van der Waals surface area contributed by atoms with Crippen molar-refractivity contribution >= 4 is 0 Å². The van der Waals surface area contributed by atoms with Crippen LogP contribution in [0.1, 0.15) is 26.7 Å². The molecule has 0 fully saturated rings. The molecule has 2 nitrogen and oxygen atoms in total. The van der Waals surface area contributed by atoms with Crippen LogP contribution in [0.3, 0.4) is 0 Å². The van der Waals surface area contributed by atoms with Crippen LogP contribution in [-0.2, 0) is 4.74 Å². The molecule has 0 heterocycles. The highest BCUT2D eigenvalue weighted by molar-refractivity contribution is 4.57. The third-order valence-corrected chi connectivity index (χ3v) is 2.07. The molecule has 2 heteroatoms. The molecule has 0 aromatic carbocycles. The van der Waals surface area contributed by atoms with Gasteiger partial charge in [0.1, 0.15) is 0 Å². The Hall–Kier alpha value is -0.0800. The number of methoxy groups -OCH3 is 1. The van der Waals surface area contributed by atoms with Gasteiger partial charge in [-0.15, -0.1) is 0 Å². The average molecular weight is 159 g/mol. The standard InChI is InChI=1S/C9H21NO/c1-4-9(5-2)8-10-6-7-11-3/h9-10H,4-8H2,1-3H3. The zero-order valence-electron chi connectivity index (χ0n) is 8.02. The minimum atomic E-state index is 0.820. The summed E-state index contributed by atoms with van der Waals surface area (Å²) in [5.41, 5.74) is 0. The molecule has 0 aromatic rings. The van der Waals surface area contributed by atoms with Crippen molar-refractivity contribution in [2.24, 2.45) is 5.92 Å². The lowest BCUT2D eigenvalue weighted by atomic mass is 10.0. The van der Waals surface area contributed by atoms with Crippen molar-refractivity contribution < 1.29 is 4.74 Å². The Kier molecular flexibility index (Phi) is 7.96. The molecule has 0 spiro atoms. The number of hydrogen-bond acceptors (Lipinski definition) is 2. The monoisotopic (exact) mass is 159 g/mol. The highest BCUT2D eigenvalue weighted by Gasteiger charge is 2.00. The van der Waals surface area contributed by atoms with Crippen LogP contribution >= 0.6 is 0 Å². The van der Waals surface area contributed by atoms with Crippen LogP contribution in [0.2, 0.25) is 0 Å². The predicted molar refractivity (Wildman–Crippen MR) is 48.8 cm³/mol. The fraction of sp³-hybridized carbons (Fsp3) is 1.00. The van der Waals surface area contributed by atoms with Gasteiger partial charge in [-0.25, -0.2) is 0 Å². The highest BCUT2D eigenvalue weighted by Crippen LogP contribution is 2.04. The van der Waals surface area contributed by atoms with Crippen molar-refractivity contribution in [3.8, 4) is 0 Å². The van der Waals surface area contributed by atoms with Gasteiger partial charge in [0.15, 0.2) is 0 Å². The second kappa shape index (κ2) is 8.02. The maximum absolute atomic E-state index is 4.93. The molecule has 0 aromatic heterocycles. The van der Waals surface area contributed by atoms with Gasteiger partial charge in [-0.2, -0.15) is 0 Å². The maximum atomic E-state index is 4.93. The van der Waals surface area contributed by atoms with Crippen molar-refractivity contribution in [3.05, 3.63) is 0 Å². The second-order valence-electron chi connectivity index (χ2n) is 2.88.